The standard InChI is InChI=1S/C9H13I/c1-7-4-5-9(3,10)6-8(7)2/h4-5H,6H2,1-3H3. The van der Waals surface area contributed by atoms with Crippen LogP contribution in [-0.2, 0) is 0 Å². The van der Waals surface area contributed by atoms with Crippen LogP contribution in [0.4, 0.5) is 0 Å². The van der Waals surface area contributed by atoms with Gasteiger partial charge >= 0.3 is 0 Å². The van der Waals surface area contributed by atoms with Gasteiger partial charge in [0.15, 0.2) is 0 Å². The molecule has 0 fully saturated rings. The van der Waals surface area contributed by atoms with Crippen LogP contribution in [0.2, 0.25) is 0 Å². The molecule has 1 unspecified atom stereocenters. The van der Waals surface area contributed by atoms with Crippen molar-refractivity contribution in [1.29, 1.82) is 0 Å². The van der Waals surface area contributed by atoms with Gasteiger partial charge in [0.2, 0.25) is 0 Å². The highest BCUT2D eigenvalue weighted by molar-refractivity contribution is 14.1. The lowest BCUT2D eigenvalue weighted by Crippen LogP contribution is -2.15. The molecule has 0 saturated carbocycles. The van der Waals surface area contributed by atoms with Crippen molar-refractivity contribution < 1.29 is 0 Å². The van der Waals surface area contributed by atoms with Gasteiger partial charge in [0.25, 0.3) is 0 Å². The van der Waals surface area contributed by atoms with Crippen molar-refractivity contribution in [2.75, 3.05) is 0 Å². The Kier molecular flexibility index (Phi) is 2.23. The van der Waals surface area contributed by atoms with Crippen LogP contribution in [0.1, 0.15) is 27.2 Å². The van der Waals surface area contributed by atoms with E-state index in [0.29, 0.717) is 3.42 Å². The molecule has 0 aromatic heterocycles. The molecule has 56 valence electrons. The zero-order valence-corrected chi connectivity index (χ0v) is 8.90. The Labute approximate surface area is 76.5 Å². The third-order valence-corrected chi connectivity index (χ3v) is 2.71. The highest BCUT2D eigenvalue weighted by atomic mass is 127. The maximum absolute atomic E-state index is 2.50. The Bertz CT molecular complexity index is 197. The van der Waals surface area contributed by atoms with Gasteiger partial charge in [-0.25, -0.2) is 0 Å². The fraction of sp³-hybridized carbons (Fsp3) is 0.556. The first-order chi connectivity index (χ1) is 4.51. The summed E-state index contributed by atoms with van der Waals surface area (Å²) in [6.07, 6.45) is 5.72. The Morgan fingerprint density at radius 3 is 2.50 bits per heavy atom. The largest absolute Gasteiger partial charge is 0.0743 e. The number of allylic oxidation sites excluding steroid dienone is 4. The molecule has 0 amide bonds. The molecular weight excluding hydrogens is 235 g/mol. The minimum atomic E-state index is 0.362. The van der Waals surface area contributed by atoms with Crippen LogP contribution in [0.15, 0.2) is 23.3 Å². The van der Waals surface area contributed by atoms with Gasteiger partial charge in [-0.1, -0.05) is 45.9 Å². The molecule has 0 aliphatic heterocycles. The van der Waals surface area contributed by atoms with Gasteiger partial charge in [0.1, 0.15) is 0 Å². The Hall–Kier alpha value is 0.210. The molecule has 0 aromatic rings. The summed E-state index contributed by atoms with van der Waals surface area (Å²) in [7, 11) is 0. The normalized spacial score (nSPS) is 33.2. The maximum Gasteiger partial charge on any atom is 0.0413 e. The lowest BCUT2D eigenvalue weighted by Gasteiger charge is -2.23. The van der Waals surface area contributed by atoms with E-state index in [2.05, 4.69) is 55.5 Å². The van der Waals surface area contributed by atoms with E-state index in [1.54, 1.807) is 0 Å². The van der Waals surface area contributed by atoms with Crippen molar-refractivity contribution in [1.82, 2.24) is 0 Å². The molecule has 0 aromatic carbocycles. The molecule has 0 bridgehead atoms. The van der Waals surface area contributed by atoms with Crippen LogP contribution in [0.3, 0.4) is 0 Å². The first-order valence-electron chi connectivity index (χ1n) is 3.56. The molecule has 1 heteroatoms. The second kappa shape index (κ2) is 2.68. The van der Waals surface area contributed by atoms with Crippen LogP contribution in [0, 0.1) is 0 Å². The SMILES string of the molecule is CC1=C(C)CC(C)(I)C=C1. The smallest absolute Gasteiger partial charge is 0.0413 e. The number of hydrogen-bond acceptors (Lipinski definition) is 0. The Balaban J connectivity index is 2.85. The van der Waals surface area contributed by atoms with Crippen molar-refractivity contribution in [2.45, 2.75) is 30.6 Å². The van der Waals surface area contributed by atoms with E-state index in [9.17, 15) is 0 Å². The molecule has 1 aliphatic rings. The van der Waals surface area contributed by atoms with Gasteiger partial charge in [0, 0.05) is 3.42 Å². The molecule has 1 aliphatic carbocycles. The van der Waals surface area contributed by atoms with Gasteiger partial charge in [-0.15, -0.1) is 0 Å². The van der Waals surface area contributed by atoms with Crippen LogP contribution in [0.5, 0.6) is 0 Å². The third-order valence-electron chi connectivity index (χ3n) is 1.96. The number of rotatable bonds is 0. The Morgan fingerprint density at radius 2 is 2.10 bits per heavy atom. The topological polar surface area (TPSA) is 0 Å². The molecule has 0 heterocycles. The minimum absolute atomic E-state index is 0.362. The average molecular weight is 248 g/mol. The van der Waals surface area contributed by atoms with Gasteiger partial charge in [0.05, 0.1) is 0 Å². The van der Waals surface area contributed by atoms with E-state index in [1.807, 2.05) is 0 Å². The molecule has 0 nitrogen and oxygen atoms in total. The molecule has 0 saturated heterocycles. The molecule has 1 rings (SSSR count). The fourth-order valence-corrected chi connectivity index (χ4v) is 1.91. The average Bonchev–Trinajstić information content (AvgIpc) is 1.79. The van der Waals surface area contributed by atoms with Crippen molar-refractivity contribution >= 4 is 22.6 Å². The first-order valence-corrected chi connectivity index (χ1v) is 4.64. The summed E-state index contributed by atoms with van der Waals surface area (Å²) in [4.78, 5) is 0. The monoisotopic (exact) mass is 248 g/mol. The van der Waals surface area contributed by atoms with E-state index in [-0.39, 0.29) is 0 Å². The second-order valence-corrected chi connectivity index (χ2v) is 5.72. The molecule has 0 radical (unpaired) electrons. The Morgan fingerprint density at radius 1 is 1.50 bits per heavy atom. The summed E-state index contributed by atoms with van der Waals surface area (Å²) in [6, 6.07) is 0. The summed E-state index contributed by atoms with van der Waals surface area (Å²) >= 11 is 2.50. The van der Waals surface area contributed by atoms with E-state index in [1.165, 1.54) is 17.6 Å². The van der Waals surface area contributed by atoms with E-state index < -0.39 is 0 Å². The van der Waals surface area contributed by atoms with Crippen molar-refractivity contribution in [3.05, 3.63) is 23.3 Å². The van der Waals surface area contributed by atoms with Crippen LogP contribution in [-0.4, -0.2) is 3.42 Å². The molecular formula is C9H13I. The summed E-state index contributed by atoms with van der Waals surface area (Å²) in [6.45, 7) is 6.66. The van der Waals surface area contributed by atoms with E-state index in [4.69, 9.17) is 0 Å². The predicted molar refractivity (Wildman–Crippen MR) is 54.6 cm³/mol. The number of hydrogen-bond donors (Lipinski definition) is 0. The lowest BCUT2D eigenvalue weighted by molar-refractivity contribution is 0.788. The van der Waals surface area contributed by atoms with Crippen molar-refractivity contribution in [3.63, 3.8) is 0 Å². The minimum Gasteiger partial charge on any atom is -0.0743 e. The van der Waals surface area contributed by atoms with Gasteiger partial charge < -0.3 is 0 Å². The highest BCUT2D eigenvalue weighted by Gasteiger charge is 2.20. The fourth-order valence-electron chi connectivity index (χ4n) is 1.16. The second-order valence-electron chi connectivity index (χ2n) is 3.25. The van der Waals surface area contributed by atoms with Crippen molar-refractivity contribution in [3.8, 4) is 0 Å². The summed E-state index contributed by atoms with van der Waals surface area (Å²) in [5.41, 5.74) is 2.97. The molecule has 10 heavy (non-hydrogen) atoms. The first kappa shape index (κ1) is 8.31. The van der Waals surface area contributed by atoms with Gasteiger partial charge in [-0.3, -0.25) is 0 Å². The summed E-state index contributed by atoms with van der Waals surface area (Å²) < 4.78 is 0.362. The molecule has 1 atom stereocenters. The quantitative estimate of drug-likeness (QED) is 0.454. The maximum atomic E-state index is 2.50. The summed E-state index contributed by atoms with van der Waals surface area (Å²) in [5.74, 6) is 0. The molecule has 0 spiro atoms. The highest BCUT2D eigenvalue weighted by Crippen LogP contribution is 2.33. The van der Waals surface area contributed by atoms with Gasteiger partial charge in [-0.2, -0.15) is 0 Å². The van der Waals surface area contributed by atoms with Crippen LogP contribution >= 0.6 is 22.6 Å². The zero-order valence-electron chi connectivity index (χ0n) is 6.74. The number of alkyl halides is 1. The van der Waals surface area contributed by atoms with Crippen LogP contribution in [0.25, 0.3) is 0 Å². The van der Waals surface area contributed by atoms with Crippen LogP contribution < -0.4 is 0 Å². The summed E-state index contributed by atoms with van der Waals surface area (Å²) in [5, 5.41) is 0. The van der Waals surface area contributed by atoms with Gasteiger partial charge in [-0.05, 0) is 27.2 Å². The number of halogens is 1. The van der Waals surface area contributed by atoms with E-state index in [0.717, 1.165) is 0 Å². The predicted octanol–water partition coefficient (Wildman–Crippen LogP) is 3.48. The van der Waals surface area contributed by atoms with Crippen molar-refractivity contribution in [2.24, 2.45) is 0 Å². The van der Waals surface area contributed by atoms with E-state index >= 15 is 0 Å². The lowest BCUT2D eigenvalue weighted by atomic mass is 9.93. The molecule has 0 N–H and O–H groups in total. The zero-order chi connectivity index (χ0) is 7.78. The third kappa shape index (κ3) is 1.84.